The Hall–Kier alpha value is -1.13. The summed E-state index contributed by atoms with van der Waals surface area (Å²) in [5.74, 6) is 0.112. The lowest BCUT2D eigenvalue weighted by Crippen LogP contribution is -2.39. The average molecular weight is 195 g/mol. The van der Waals surface area contributed by atoms with Crippen molar-refractivity contribution in [3.8, 4) is 0 Å². The fourth-order valence-electron chi connectivity index (χ4n) is 1.48. The quantitative estimate of drug-likeness (QED) is 0.669. The van der Waals surface area contributed by atoms with E-state index in [9.17, 15) is 4.79 Å². The third-order valence-electron chi connectivity index (χ3n) is 2.31. The lowest BCUT2D eigenvalue weighted by atomic mass is 10.2. The molecule has 0 atom stereocenters. The van der Waals surface area contributed by atoms with E-state index in [0.29, 0.717) is 12.1 Å². The first-order chi connectivity index (χ1) is 6.86. The first-order valence-corrected chi connectivity index (χ1v) is 4.72. The lowest BCUT2D eigenvalue weighted by Gasteiger charge is -2.25. The molecule has 2 heterocycles. The van der Waals surface area contributed by atoms with Crippen LogP contribution in [-0.2, 0) is 4.74 Å². The van der Waals surface area contributed by atoms with Crippen molar-refractivity contribution in [2.45, 2.75) is 0 Å². The Morgan fingerprint density at radius 2 is 2.21 bits per heavy atom. The molecule has 4 heteroatoms. The molecule has 0 radical (unpaired) electrons. The van der Waals surface area contributed by atoms with E-state index in [0.717, 1.165) is 26.3 Å². The first kappa shape index (κ1) is 9.43. The standard InChI is InChI=1S/C10H13NO3/c12-10(9-1-4-14-8-9)7-11-2-5-13-6-3-11/h1,4,8H,2-3,5-7H2. The largest absolute Gasteiger partial charge is 0.472 e. The molecular formula is C10H13NO3. The van der Waals surface area contributed by atoms with E-state index < -0.39 is 0 Å². The van der Waals surface area contributed by atoms with Crippen LogP contribution >= 0.6 is 0 Å². The summed E-state index contributed by atoms with van der Waals surface area (Å²) in [6.07, 6.45) is 3.01. The Morgan fingerprint density at radius 3 is 2.86 bits per heavy atom. The van der Waals surface area contributed by atoms with E-state index in [2.05, 4.69) is 4.90 Å². The molecule has 1 aromatic rings. The number of Topliss-reactive ketones (excluding diaryl/α,β-unsaturated/α-hetero) is 1. The SMILES string of the molecule is O=C(CN1CCOCC1)c1ccoc1. The second-order valence-corrected chi connectivity index (χ2v) is 3.32. The predicted molar refractivity (Wildman–Crippen MR) is 50.3 cm³/mol. The third-order valence-corrected chi connectivity index (χ3v) is 2.31. The second-order valence-electron chi connectivity index (χ2n) is 3.32. The summed E-state index contributed by atoms with van der Waals surface area (Å²) in [7, 11) is 0. The van der Waals surface area contributed by atoms with Gasteiger partial charge in [-0.1, -0.05) is 0 Å². The number of nitrogens with zero attached hydrogens (tertiary/aromatic N) is 1. The summed E-state index contributed by atoms with van der Waals surface area (Å²) in [6, 6.07) is 1.70. The summed E-state index contributed by atoms with van der Waals surface area (Å²) in [4.78, 5) is 13.7. The molecule has 0 aromatic carbocycles. The van der Waals surface area contributed by atoms with Gasteiger partial charge < -0.3 is 9.15 Å². The highest BCUT2D eigenvalue weighted by molar-refractivity contribution is 5.97. The van der Waals surface area contributed by atoms with Crippen LogP contribution in [0.15, 0.2) is 23.0 Å². The number of hydrogen-bond donors (Lipinski definition) is 0. The highest BCUT2D eigenvalue weighted by Gasteiger charge is 2.15. The van der Waals surface area contributed by atoms with E-state index in [1.54, 1.807) is 6.07 Å². The summed E-state index contributed by atoms with van der Waals surface area (Å²) < 4.78 is 10.1. The van der Waals surface area contributed by atoms with E-state index in [-0.39, 0.29) is 5.78 Å². The van der Waals surface area contributed by atoms with Crippen LogP contribution in [0.3, 0.4) is 0 Å². The molecule has 0 saturated carbocycles. The van der Waals surface area contributed by atoms with Crippen LogP contribution in [0.25, 0.3) is 0 Å². The van der Waals surface area contributed by atoms with Gasteiger partial charge in [0.05, 0.1) is 31.6 Å². The second kappa shape index (κ2) is 4.39. The molecule has 1 aliphatic heterocycles. The van der Waals surface area contributed by atoms with Gasteiger partial charge in [-0.15, -0.1) is 0 Å². The van der Waals surface area contributed by atoms with Crippen LogP contribution in [-0.4, -0.2) is 43.5 Å². The molecule has 76 valence electrons. The molecular weight excluding hydrogens is 182 g/mol. The minimum absolute atomic E-state index is 0.112. The summed E-state index contributed by atoms with van der Waals surface area (Å²) in [5.41, 5.74) is 0.650. The third kappa shape index (κ3) is 2.21. The summed E-state index contributed by atoms with van der Waals surface area (Å²) in [5, 5.41) is 0. The number of morpholine rings is 1. The van der Waals surface area contributed by atoms with Crippen molar-refractivity contribution in [1.82, 2.24) is 4.90 Å². The van der Waals surface area contributed by atoms with E-state index in [4.69, 9.17) is 9.15 Å². The maximum Gasteiger partial charge on any atom is 0.180 e. The van der Waals surface area contributed by atoms with Crippen LogP contribution < -0.4 is 0 Å². The van der Waals surface area contributed by atoms with Crippen molar-refractivity contribution in [1.29, 1.82) is 0 Å². The van der Waals surface area contributed by atoms with Gasteiger partial charge in [-0.3, -0.25) is 9.69 Å². The Kier molecular flexibility index (Phi) is 2.96. The van der Waals surface area contributed by atoms with Crippen molar-refractivity contribution in [3.05, 3.63) is 24.2 Å². The Balaban J connectivity index is 1.87. The lowest BCUT2D eigenvalue weighted by molar-refractivity contribution is 0.0371. The maximum atomic E-state index is 11.6. The van der Waals surface area contributed by atoms with Gasteiger partial charge in [0.2, 0.25) is 0 Å². The Morgan fingerprint density at radius 1 is 1.43 bits per heavy atom. The van der Waals surface area contributed by atoms with Crippen LogP contribution in [0.1, 0.15) is 10.4 Å². The fraction of sp³-hybridized carbons (Fsp3) is 0.500. The predicted octanol–water partition coefficient (Wildman–Crippen LogP) is 0.794. The highest BCUT2D eigenvalue weighted by atomic mass is 16.5. The van der Waals surface area contributed by atoms with Crippen molar-refractivity contribution in [3.63, 3.8) is 0 Å². The van der Waals surface area contributed by atoms with Crippen molar-refractivity contribution in [2.24, 2.45) is 0 Å². The number of rotatable bonds is 3. The molecule has 1 aliphatic rings. The molecule has 0 N–H and O–H groups in total. The van der Waals surface area contributed by atoms with Crippen LogP contribution in [0.5, 0.6) is 0 Å². The molecule has 1 saturated heterocycles. The number of ketones is 1. The van der Waals surface area contributed by atoms with E-state index >= 15 is 0 Å². The zero-order valence-electron chi connectivity index (χ0n) is 7.94. The maximum absolute atomic E-state index is 11.6. The van der Waals surface area contributed by atoms with Crippen molar-refractivity contribution >= 4 is 5.78 Å². The van der Waals surface area contributed by atoms with E-state index in [1.807, 2.05) is 0 Å². The van der Waals surface area contributed by atoms with Crippen LogP contribution in [0.2, 0.25) is 0 Å². The van der Waals surface area contributed by atoms with Crippen molar-refractivity contribution in [2.75, 3.05) is 32.8 Å². The van der Waals surface area contributed by atoms with Crippen LogP contribution in [0, 0.1) is 0 Å². The monoisotopic (exact) mass is 195 g/mol. The fourth-order valence-corrected chi connectivity index (χ4v) is 1.48. The Bertz CT molecular complexity index is 288. The van der Waals surface area contributed by atoms with Gasteiger partial charge in [-0.05, 0) is 6.07 Å². The zero-order valence-corrected chi connectivity index (χ0v) is 7.94. The number of furan rings is 1. The van der Waals surface area contributed by atoms with Gasteiger partial charge in [-0.2, -0.15) is 0 Å². The number of carbonyl (C=O) groups is 1. The van der Waals surface area contributed by atoms with Crippen LogP contribution in [0.4, 0.5) is 0 Å². The normalized spacial score (nSPS) is 18.3. The summed E-state index contributed by atoms with van der Waals surface area (Å²) in [6.45, 7) is 3.58. The van der Waals surface area contributed by atoms with Gasteiger partial charge in [-0.25, -0.2) is 0 Å². The smallest absolute Gasteiger partial charge is 0.180 e. The van der Waals surface area contributed by atoms with Gasteiger partial charge in [0.15, 0.2) is 5.78 Å². The molecule has 0 amide bonds. The minimum Gasteiger partial charge on any atom is -0.472 e. The molecule has 14 heavy (non-hydrogen) atoms. The zero-order chi connectivity index (χ0) is 9.80. The highest BCUT2D eigenvalue weighted by Crippen LogP contribution is 2.04. The molecule has 2 rings (SSSR count). The number of carbonyl (C=O) groups excluding carboxylic acids is 1. The molecule has 0 spiro atoms. The molecule has 0 bridgehead atoms. The van der Waals surface area contributed by atoms with Gasteiger partial charge in [0, 0.05) is 13.1 Å². The minimum atomic E-state index is 0.112. The summed E-state index contributed by atoms with van der Waals surface area (Å²) >= 11 is 0. The van der Waals surface area contributed by atoms with Gasteiger partial charge in [0.25, 0.3) is 0 Å². The van der Waals surface area contributed by atoms with Gasteiger partial charge >= 0.3 is 0 Å². The van der Waals surface area contributed by atoms with Gasteiger partial charge in [0.1, 0.15) is 6.26 Å². The molecule has 1 fully saturated rings. The number of ether oxygens (including phenoxy) is 1. The molecule has 4 nitrogen and oxygen atoms in total. The Labute approximate surface area is 82.4 Å². The van der Waals surface area contributed by atoms with E-state index in [1.165, 1.54) is 12.5 Å². The first-order valence-electron chi connectivity index (χ1n) is 4.72. The average Bonchev–Trinajstić information content (AvgIpc) is 2.72. The topological polar surface area (TPSA) is 42.7 Å². The molecule has 1 aromatic heterocycles. The number of hydrogen-bond acceptors (Lipinski definition) is 4. The molecule has 0 aliphatic carbocycles. The molecule has 0 unspecified atom stereocenters. The van der Waals surface area contributed by atoms with Crippen molar-refractivity contribution < 1.29 is 13.9 Å².